The molecule has 0 saturated heterocycles. The summed E-state index contributed by atoms with van der Waals surface area (Å²) in [5.41, 5.74) is 1.56. The third-order valence-corrected chi connectivity index (χ3v) is 5.24. The predicted octanol–water partition coefficient (Wildman–Crippen LogP) is 5.45. The molecule has 1 aromatic heterocycles. The number of fused-ring (bicyclic) bond motifs is 1. The summed E-state index contributed by atoms with van der Waals surface area (Å²) in [4.78, 5) is 28.8. The summed E-state index contributed by atoms with van der Waals surface area (Å²) in [6, 6.07) is 15.0. The minimum atomic E-state index is -0.855. The lowest BCUT2D eigenvalue weighted by atomic mass is 10.1. The standard InChI is InChI=1S/C26H22FN3O5/c1-15-6-4-5-7-17(15)25(31)30-26(32)29-20-9-8-16(12-19(20)27)35-22-10-11-28-21-14-24(34-3)23(33-2)13-18(21)22/h4-14H,1-3H3,(H2,29,30,31,32). The van der Waals surface area contributed by atoms with Crippen molar-refractivity contribution in [3.05, 3.63) is 83.8 Å². The molecule has 4 aromatic rings. The molecule has 178 valence electrons. The van der Waals surface area contributed by atoms with E-state index in [4.69, 9.17) is 14.2 Å². The SMILES string of the molecule is COc1cc2nccc(Oc3ccc(NC(=O)NC(=O)c4ccccc4C)c(F)c3)c2cc1OC. The first-order valence-corrected chi connectivity index (χ1v) is 10.6. The van der Waals surface area contributed by atoms with E-state index in [9.17, 15) is 14.0 Å². The molecule has 0 saturated carbocycles. The van der Waals surface area contributed by atoms with Crippen molar-refractivity contribution in [3.8, 4) is 23.0 Å². The van der Waals surface area contributed by atoms with Crippen molar-refractivity contribution in [2.45, 2.75) is 6.92 Å². The minimum absolute atomic E-state index is 0.113. The summed E-state index contributed by atoms with van der Waals surface area (Å²) < 4.78 is 31.2. The van der Waals surface area contributed by atoms with E-state index in [2.05, 4.69) is 15.6 Å². The van der Waals surface area contributed by atoms with E-state index in [-0.39, 0.29) is 11.4 Å². The summed E-state index contributed by atoms with van der Waals surface area (Å²) in [6.07, 6.45) is 1.56. The highest BCUT2D eigenvalue weighted by Crippen LogP contribution is 2.37. The first-order chi connectivity index (χ1) is 16.9. The molecule has 0 unspecified atom stereocenters. The number of nitrogens with one attached hydrogen (secondary N) is 2. The molecule has 0 aliphatic carbocycles. The zero-order valence-corrected chi connectivity index (χ0v) is 19.2. The van der Waals surface area contributed by atoms with Gasteiger partial charge in [0.05, 0.1) is 25.4 Å². The molecule has 4 rings (SSSR count). The fourth-order valence-electron chi connectivity index (χ4n) is 3.48. The number of aryl methyl sites for hydroxylation is 1. The number of aromatic nitrogens is 1. The number of imide groups is 1. The number of amides is 3. The molecule has 2 N–H and O–H groups in total. The fourth-order valence-corrected chi connectivity index (χ4v) is 3.48. The summed E-state index contributed by atoms with van der Waals surface area (Å²) in [5.74, 6) is 0.320. The van der Waals surface area contributed by atoms with Gasteiger partial charge in [0.15, 0.2) is 11.5 Å². The first-order valence-electron chi connectivity index (χ1n) is 10.6. The minimum Gasteiger partial charge on any atom is -0.493 e. The van der Waals surface area contributed by atoms with Crippen LogP contribution in [0.5, 0.6) is 23.0 Å². The lowest BCUT2D eigenvalue weighted by Crippen LogP contribution is -2.34. The molecule has 0 spiro atoms. The number of ether oxygens (including phenoxy) is 3. The van der Waals surface area contributed by atoms with Crippen LogP contribution in [0.4, 0.5) is 14.9 Å². The number of carbonyl (C=O) groups is 2. The summed E-state index contributed by atoms with van der Waals surface area (Å²) in [5, 5.41) is 5.17. The molecule has 35 heavy (non-hydrogen) atoms. The van der Waals surface area contributed by atoms with Gasteiger partial charge >= 0.3 is 6.03 Å². The van der Waals surface area contributed by atoms with Gasteiger partial charge in [-0.1, -0.05) is 18.2 Å². The van der Waals surface area contributed by atoms with Crippen LogP contribution in [-0.4, -0.2) is 31.1 Å². The van der Waals surface area contributed by atoms with Crippen molar-refractivity contribution in [2.24, 2.45) is 0 Å². The van der Waals surface area contributed by atoms with Crippen LogP contribution >= 0.6 is 0 Å². The van der Waals surface area contributed by atoms with Crippen molar-refractivity contribution in [1.29, 1.82) is 0 Å². The zero-order valence-electron chi connectivity index (χ0n) is 19.2. The maximum absolute atomic E-state index is 14.7. The highest BCUT2D eigenvalue weighted by Gasteiger charge is 2.15. The molecular weight excluding hydrogens is 453 g/mol. The second kappa shape index (κ2) is 10.1. The van der Waals surface area contributed by atoms with Gasteiger partial charge in [-0.25, -0.2) is 9.18 Å². The van der Waals surface area contributed by atoms with Gasteiger partial charge in [-0.15, -0.1) is 0 Å². The number of nitrogens with zero attached hydrogens (tertiary/aromatic N) is 1. The normalized spacial score (nSPS) is 10.5. The Morgan fingerprint density at radius 3 is 2.37 bits per heavy atom. The Bertz CT molecular complexity index is 1420. The number of carbonyl (C=O) groups excluding carboxylic acids is 2. The highest BCUT2D eigenvalue weighted by molar-refractivity contribution is 6.08. The Hall–Kier alpha value is -4.66. The molecule has 3 amide bonds. The number of methoxy groups -OCH3 is 2. The van der Waals surface area contributed by atoms with Crippen molar-refractivity contribution in [3.63, 3.8) is 0 Å². The predicted molar refractivity (Wildman–Crippen MR) is 129 cm³/mol. The Morgan fingerprint density at radius 2 is 1.66 bits per heavy atom. The van der Waals surface area contributed by atoms with E-state index in [0.717, 1.165) is 6.07 Å². The monoisotopic (exact) mass is 475 g/mol. The lowest BCUT2D eigenvalue weighted by Gasteiger charge is -2.13. The average Bonchev–Trinajstić information content (AvgIpc) is 2.85. The summed E-state index contributed by atoms with van der Waals surface area (Å²) in [7, 11) is 3.05. The maximum atomic E-state index is 14.7. The van der Waals surface area contributed by atoms with E-state index in [0.29, 0.717) is 39.3 Å². The van der Waals surface area contributed by atoms with Crippen molar-refractivity contribution in [2.75, 3.05) is 19.5 Å². The number of anilines is 1. The van der Waals surface area contributed by atoms with Crippen LogP contribution in [0, 0.1) is 12.7 Å². The quantitative estimate of drug-likeness (QED) is 0.385. The average molecular weight is 475 g/mol. The van der Waals surface area contributed by atoms with Gasteiger partial charge in [0.2, 0.25) is 0 Å². The number of pyridine rings is 1. The highest BCUT2D eigenvalue weighted by atomic mass is 19.1. The first kappa shape index (κ1) is 23.5. The van der Waals surface area contributed by atoms with Gasteiger partial charge in [-0.3, -0.25) is 15.1 Å². The van der Waals surface area contributed by atoms with Crippen LogP contribution in [0.2, 0.25) is 0 Å². The third kappa shape index (κ3) is 5.14. The van der Waals surface area contributed by atoms with Crippen LogP contribution in [0.3, 0.4) is 0 Å². The van der Waals surface area contributed by atoms with E-state index >= 15 is 0 Å². The molecule has 0 aliphatic rings. The molecule has 0 aliphatic heterocycles. The number of urea groups is 1. The van der Waals surface area contributed by atoms with Crippen LogP contribution in [-0.2, 0) is 0 Å². The van der Waals surface area contributed by atoms with E-state index in [1.165, 1.54) is 26.4 Å². The van der Waals surface area contributed by atoms with Gasteiger partial charge in [0, 0.05) is 29.3 Å². The lowest BCUT2D eigenvalue weighted by molar-refractivity contribution is 0.0966. The van der Waals surface area contributed by atoms with Gasteiger partial charge in [0.25, 0.3) is 5.91 Å². The second-order valence-electron chi connectivity index (χ2n) is 7.50. The number of hydrogen-bond donors (Lipinski definition) is 2. The second-order valence-corrected chi connectivity index (χ2v) is 7.50. The molecule has 1 heterocycles. The Balaban J connectivity index is 1.50. The number of rotatable bonds is 6. The molecular formula is C26H22FN3O5. The number of hydrogen-bond acceptors (Lipinski definition) is 6. The molecule has 3 aromatic carbocycles. The molecule has 8 nitrogen and oxygen atoms in total. The molecule has 0 fully saturated rings. The Labute approximate surface area is 200 Å². The van der Waals surface area contributed by atoms with Crippen LogP contribution in [0.1, 0.15) is 15.9 Å². The molecule has 0 atom stereocenters. The fraction of sp³-hybridized carbons (Fsp3) is 0.115. The van der Waals surface area contributed by atoms with Gasteiger partial charge in [0.1, 0.15) is 17.3 Å². The molecule has 0 bridgehead atoms. The zero-order chi connectivity index (χ0) is 24.9. The van der Waals surface area contributed by atoms with E-state index < -0.39 is 17.8 Å². The Kier molecular flexibility index (Phi) is 6.77. The van der Waals surface area contributed by atoms with Crippen LogP contribution in [0.15, 0.2) is 66.9 Å². The molecule has 9 heteroatoms. The Morgan fingerprint density at radius 1 is 0.914 bits per heavy atom. The van der Waals surface area contributed by atoms with E-state index in [1.54, 1.807) is 55.6 Å². The van der Waals surface area contributed by atoms with Gasteiger partial charge in [-0.2, -0.15) is 0 Å². The summed E-state index contributed by atoms with van der Waals surface area (Å²) >= 11 is 0. The van der Waals surface area contributed by atoms with Gasteiger partial charge in [-0.05, 0) is 42.8 Å². The summed E-state index contributed by atoms with van der Waals surface area (Å²) in [6.45, 7) is 1.75. The van der Waals surface area contributed by atoms with Crippen molar-refractivity contribution in [1.82, 2.24) is 10.3 Å². The number of halogens is 1. The third-order valence-electron chi connectivity index (χ3n) is 5.24. The van der Waals surface area contributed by atoms with Crippen molar-refractivity contribution < 1.29 is 28.2 Å². The molecule has 0 radical (unpaired) electrons. The largest absolute Gasteiger partial charge is 0.493 e. The van der Waals surface area contributed by atoms with Crippen LogP contribution < -0.4 is 24.8 Å². The van der Waals surface area contributed by atoms with Crippen LogP contribution in [0.25, 0.3) is 10.9 Å². The van der Waals surface area contributed by atoms with Gasteiger partial charge < -0.3 is 19.5 Å². The topological polar surface area (TPSA) is 98.8 Å². The van der Waals surface area contributed by atoms with Crippen molar-refractivity contribution >= 4 is 28.5 Å². The smallest absolute Gasteiger partial charge is 0.326 e. The number of benzene rings is 3. The maximum Gasteiger partial charge on any atom is 0.326 e. The van der Waals surface area contributed by atoms with E-state index in [1.807, 2.05) is 0 Å².